The summed E-state index contributed by atoms with van der Waals surface area (Å²) in [5.41, 5.74) is 9.37. The summed E-state index contributed by atoms with van der Waals surface area (Å²) in [5.74, 6) is 0.765. The Morgan fingerprint density at radius 3 is 2.58 bits per heavy atom. The molecule has 0 aliphatic rings. The molecule has 0 saturated carbocycles. The van der Waals surface area contributed by atoms with Crippen LogP contribution in [0.3, 0.4) is 0 Å². The number of rotatable bonds is 3. The van der Waals surface area contributed by atoms with E-state index in [4.69, 9.17) is 10.5 Å². The number of H-pyrrole nitrogens is 1. The molecule has 0 amide bonds. The Balaban J connectivity index is 2.09. The van der Waals surface area contributed by atoms with E-state index in [0.29, 0.717) is 5.69 Å². The van der Waals surface area contributed by atoms with Crippen molar-refractivity contribution in [3.63, 3.8) is 0 Å². The maximum atomic E-state index is 5.93. The maximum Gasteiger partial charge on any atom is 0.141 e. The molecule has 0 fully saturated rings. The number of anilines is 1. The van der Waals surface area contributed by atoms with Gasteiger partial charge in [-0.05, 0) is 17.7 Å². The molecule has 1 heterocycles. The van der Waals surface area contributed by atoms with Crippen molar-refractivity contribution >= 4 is 16.7 Å². The molecular formula is C15H15N3O. The number of fused-ring (bicyclic) bond motifs is 1. The van der Waals surface area contributed by atoms with Crippen LogP contribution in [0.1, 0.15) is 17.5 Å². The van der Waals surface area contributed by atoms with Crippen LogP contribution in [0.15, 0.2) is 48.5 Å². The van der Waals surface area contributed by atoms with E-state index < -0.39 is 0 Å². The number of methoxy groups -OCH3 is 1. The van der Waals surface area contributed by atoms with Crippen molar-refractivity contribution < 1.29 is 4.74 Å². The highest BCUT2D eigenvalue weighted by Crippen LogP contribution is 2.26. The van der Waals surface area contributed by atoms with Gasteiger partial charge in [-0.15, -0.1) is 0 Å². The predicted molar refractivity (Wildman–Crippen MR) is 75.8 cm³/mol. The van der Waals surface area contributed by atoms with Crippen LogP contribution in [-0.2, 0) is 4.74 Å². The zero-order valence-electron chi connectivity index (χ0n) is 10.6. The van der Waals surface area contributed by atoms with Gasteiger partial charge >= 0.3 is 0 Å². The SMILES string of the molecule is COC(c1ccccc1)c1nc2c(N)cccc2[nH]1. The number of imidazole rings is 1. The molecule has 0 aliphatic heterocycles. The highest BCUT2D eigenvalue weighted by atomic mass is 16.5. The van der Waals surface area contributed by atoms with Gasteiger partial charge in [0.25, 0.3) is 0 Å². The lowest BCUT2D eigenvalue weighted by molar-refractivity contribution is 0.130. The normalized spacial score (nSPS) is 12.7. The minimum absolute atomic E-state index is 0.215. The standard InChI is InChI=1S/C15H15N3O/c1-19-14(10-6-3-2-4-7-10)15-17-12-9-5-8-11(16)13(12)18-15/h2-9,14H,16H2,1H3,(H,17,18). The Kier molecular flexibility index (Phi) is 2.93. The number of ether oxygens (including phenoxy) is 1. The van der Waals surface area contributed by atoms with E-state index in [2.05, 4.69) is 9.97 Å². The minimum Gasteiger partial charge on any atom is -0.397 e. The Hall–Kier alpha value is -2.33. The molecular weight excluding hydrogens is 238 g/mol. The molecule has 1 unspecified atom stereocenters. The average Bonchev–Trinajstić information content (AvgIpc) is 2.86. The Morgan fingerprint density at radius 2 is 1.89 bits per heavy atom. The molecule has 0 spiro atoms. The molecule has 2 aromatic carbocycles. The highest BCUT2D eigenvalue weighted by Gasteiger charge is 2.17. The summed E-state index contributed by atoms with van der Waals surface area (Å²) in [6.07, 6.45) is -0.215. The first-order valence-corrected chi connectivity index (χ1v) is 6.11. The topological polar surface area (TPSA) is 63.9 Å². The number of hydrogen-bond acceptors (Lipinski definition) is 3. The molecule has 0 bridgehead atoms. The Morgan fingerprint density at radius 1 is 1.11 bits per heavy atom. The third-order valence-corrected chi connectivity index (χ3v) is 3.15. The molecule has 0 aliphatic carbocycles. The number of aromatic amines is 1. The summed E-state index contributed by atoms with van der Waals surface area (Å²) in [4.78, 5) is 7.82. The van der Waals surface area contributed by atoms with Crippen LogP contribution < -0.4 is 5.73 Å². The van der Waals surface area contributed by atoms with Gasteiger partial charge in [-0.3, -0.25) is 0 Å². The van der Waals surface area contributed by atoms with Crippen molar-refractivity contribution in [1.29, 1.82) is 0 Å². The third-order valence-electron chi connectivity index (χ3n) is 3.15. The van der Waals surface area contributed by atoms with E-state index in [9.17, 15) is 0 Å². The van der Waals surface area contributed by atoms with Crippen LogP contribution >= 0.6 is 0 Å². The zero-order chi connectivity index (χ0) is 13.2. The summed E-state index contributed by atoms with van der Waals surface area (Å²) < 4.78 is 5.56. The summed E-state index contributed by atoms with van der Waals surface area (Å²) in [6.45, 7) is 0. The van der Waals surface area contributed by atoms with Crippen molar-refractivity contribution in [3.05, 3.63) is 59.9 Å². The Labute approximate surface area is 111 Å². The molecule has 3 rings (SSSR count). The summed E-state index contributed by atoms with van der Waals surface area (Å²) in [6, 6.07) is 15.7. The fourth-order valence-corrected chi connectivity index (χ4v) is 2.23. The quantitative estimate of drug-likeness (QED) is 0.705. The summed E-state index contributed by atoms with van der Waals surface area (Å²) in [7, 11) is 1.67. The number of aromatic nitrogens is 2. The van der Waals surface area contributed by atoms with E-state index in [1.54, 1.807) is 7.11 Å². The molecule has 0 saturated heterocycles. The van der Waals surface area contributed by atoms with Crippen molar-refractivity contribution in [2.75, 3.05) is 12.8 Å². The van der Waals surface area contributed by atoms with Crippen LogP contribution in [0.25, 0.3) is 11.0 Å². The number of nitrogen functional groups attached to an aromatic ring is 1. The van der Waals surface area contributed by atoms with Gasteiger partial charge in [-0.2, -0.15) is 0 Å². The van der Waals surface area contributed by atoms with E-state index in [1.165, 1.54) is 0 Å². The van der Waals surface area contributed by atoms with E-state index in [-0.39, 0.29) is 6.10 Å². The molecule has 19 heavy (non-hydrogen) atoms. The van der Waals surface area contributed by atoms with E-state index >= 15 is 0 Å². The van der Waals surface area contributed by atoms with Gasteiger partial charge in [0.05, 0.1) is 11.2 Å². The van der Waals surface area contributed by atoms with Gasteiger partial charge in [0.15, 0.2) is 0 Å². The molecule has 4 heteroatoms. The monoisotopic (exact) mass is 253 g/mol. The first-order valence-electron chi connectivity index (χ1n) is 6.11. The fraction of sp³-hybridized carbons (Fsp3) is 0.133. The van der Waals surface area contributed by atoms with Crippen LogP contribution in [0.5, 0.6) is 0 Å². The Bertz CT molecular complexity index is 691. The van der Waals surface area contributed by atoms with Gasteiger partial charge in [-0.25, -0.2) is 4.98 Å². The van der Waals surface area contributed by atoms with Crippen LogP contribution in [0, 0.1) is 0 Å². The average molecular weight is 253 g/mol. The largest absolute Gasteiger partial charge is 0.397 e. The second-order valence-electron chi connectivity index (χ2n) is 4.39. The van der Waals surface area contributed by atoms with Crippen molar-refractivity contribution in [1.82, 2.24) is 9.97 Å². The number of hydrogen-bond donors (Lipinski definition) is 2. The number of nitrogens with zero attached hydrogens (tertiary/aromatic N) is 1. The van der Waals surface area contributed by atoms with Crippen LogP contribution in [0.4, 0.5) is 5.69 Å². The number of nitrogens with two attached hydrogens (primary N) is 1. The lowest BCUT2D eigenvalue weighted by Gasteiger charge is -2.12. The lowest BCUT2D eigenvalue weighted by atomic mass is 10.1. The summed E-state index contributed by atoms with van der Waals surface area (Å²) in [5, 5.41) is 0. The number of para-hydroxylation sites is 1. The van der Waals surface area contributed by atoms with Gasteiger partial charge < -0.3 is 15.5 Å². The second-order valence-corrected chi connectivity index (χ2v) is 4.39. The smallest absolute Gasteiger partial charge is 0.141 e. The van der Waals surface area contributed by atoms with Crippen molar-refractivity contribution in [3.8, 4) is 0 Å². The predicted octanol–water partition coefficient (Wildman–Crippen LogP) is 2.88. The van der Waals surface area contributed by atoms with Gasteiger partial charge in [0.1, 0.15) is 17.4 Å². The number of nitrogens with one attached hydrogen (secondary N) is 1. The van der Waals surface area contributed by atoms with Crippen molar-refractivity contribution in [2.45, 2.75) is 6.10 Å². The second kappa shape index (κ2) is 4.74. The molecule has 0 radical (unpaired) electrons. The molecule has 4 nitrogen and oxygen atoms in total. The van der Waals surface area contributed by atoms with E-state index in [0.717, 1.165) is 22.4 Å². The van der Waals surface area contributed by atoms with Crippen LogP contribution in [0.2, 0.25) is 0 Å². The first-order chi connectivity index (χ1) is 9.29. The van der Waals surface area contributed by atoms with Gasteiger partial charge in [0.2, 0.25) is 0 Å². The minimum atomic E-state index is -0.215. The van der Waals surface area contributed by atoms with Gasteiger partial charge in [0, 0.05) is 7.11 Å². The molecule has 96 valence electrons. The van der Waals surface area contributed by atoms with Crippen molar-refractivity contribution in [2.24, 2.45) is 0 Å². The molecule has 1 atom stereocenters. The first kappa shape index (κ1) is 11.7. The lowest BCUT2D eigenvalue weighted by Crippen LogP contribution is -2.05. The van der Waals surface area contributed by atoms with Crippen LogP contribution in [-0.4, -0.2) is 17.1 Å². The summed E-state index contributed by atoms with van der Waals surface area (Å²) >= 11 is 0. The molecule has 3 N–H and O–H groups in total. The van der Waals surface area contributed by atoms with Gasteiger partial charge in [-0.1, -0.05) is 36.4 Å². The fourth-order valence-electron chi connectivity index (χ4n) is 2.23. The third kappa shape index (κ3) is 2.06. The molecule has 1 aromatic heterocycles. The number of benzene rings is 2. The maximum absolute atomic E-state index is 5.93. The molecule has 3 aromatic rings. The highest BCUT2D eigenvalue weighted by molar-refractivity contribution is 5.86. The zero-order valence-corrected chi connectivity index (χ0v) is 10.6. The van der Waals surface area contributed by atoms with E-state index in [1.807, 2.05) is 48.5 Å².